The summed E-state index contributed by atoms with van der Waals surface area (Å²) in [6, 6.07) is 0. The van der Waals surface area contributed by atoms with Crippen LogP contribution in [0, 0.1) is 5.92 Å². The van der Waals surface area contributed by atoms with Crippen LogP contribution in [0.25, 0.3) is 0 Å². The van der Waals surface area contributed by atoms with Crippen molar-refractivity contribution in [3.63, 3.8) is 0 Å². The Labute approximate surface area is 138 Å². The number of aromatic nitrogens is 2. The third kappa shape index (κ3) is 3.42. The van der Waals surface area contributed by atoms with Gasteiger partial charge in [0.15, 0.2) is 5.82 Å². The first kappa shape index (κ1) is 16.4. The van der Waals surface area contributed by atoms with E-state index in [9.17, 15) is 4.79 Å². The summed E-state index contributed by atoms with van der Waals surface area (Å²) >= 11 is 0. The molecule has 0 aromatic carbocycles. The monoisotopic (exact) mass is 320 g/mol. The van der Waals surface area contributed by atoms with Crippen molar-refractivity contribution >= 4 is 5.91 Å². The van der Waals surface area contributed by atoms with E-state index in [0.29, 0.717) is 18.3 Å². The molecular weight excluding hydrogens is 292 g/mol. The molecule has 2 aliphatic carbocycles. The highest BCUT2D eigenvalue weighted by Crippen LogP contribution is 2.38. The Morgan fingerprint density at radius 2 is 1.96 bits per heavy atom. The fourth-order valence-electron chi connectivity index (χ4n) is 3.54. The predicted octanol–water partition coefficient (Wildman–Crippen LogP) is 2.60. The van der Waals surface area contributed by atoms with Crippen LogP contribution in [0.1, 0.15) is 70.5 Å². The number of carbonyl (C=O) groups excluding carboxylic acids is 1. The van der Waals surface area contributed by atoms with Gasteiger partial charge in [-0.15, -0.1) is 0 Å². The van der Waals surface area contributed by atoms with Gasteiger partial charge >= 0.3 is 0 Å². The fraction of sp³-hybridized carbons (Fsp3) is 0.824. The summed E-state index contributed by atoms with van der Waals surface area (Å²) in [7, 11) is 0. The Bertz CT molecular complexity index is 528. The molecule has 0 radical (unpaired) electrons. The molecule has 0 spiro atoms. The first-order chi connectivity index (χ1) is 11.2. The van der Waals surface area contributed by atoms with Crippen LogP contribution >= 0.6 is 0 Å². The van der Waals surface area contributed by atoms with Crippen molar-refractivity contribution in [2.75, 3.05) is 13.1 Å². The lowest BCUT2D eigenvalue weighted by Crippen LogP contribution is -2.48. The largest absolute Gasteiger partial charge is 0.343 e. The van der Waals surface area contributed by atoms with Crippen LogP contribution in [0.5, 0.6) is 0 Å². The molecule has 2 fully saturated rings. The second-order valence-corrected chi connectivity index (χ2v) is 6.88. The van der Waals surface area contributed by atoms with E-state index in [1.54, 1.807) is 0 Å². The van der Waals surface area contributed by atoms with Crippen molar-refractivity contribution in [1.82, 2.24) is 20.4 Å². The Morgan fingerprint density at radius 3 is 2.52 bits per heavy atom. The number of nitrogens with one attached hydrogen (secondary N) is 1. The first-order valence-corrected chi connectivity index (χ1v) is 9.04. The number of nitrogens with zero attached hydrogens (tertiary/aromatic N) is 3. The van der Waals surface area contributed by atoms with Crippen LogP contribution in [-0.2, 0) is 16.9 Å². The van der Waals surface area contributed by atoms with Crippen molar-refractivity contribution in [1.29, 1.82) is 0 Å². The zero-order valence-electron chi connectivity index (χ0n) is 14.3. The third-order valence-electron chi connectivity index (χ3n) is 5.44. The Hall–Kier alpha value is -1.43. The Morgan fingerprint density at radius 1 is 1.26 bits per heavy atom. The zero-order chi connectivity index (χ0) is 16.3. The van der Waals surface area contributed by atoms with E-state index >= 15 is 0 Å². The minimum atomic E-state index is -0.405. The Balaban J connectivity index is 1.73. The van der Waals surface area contributed by atoms with Crippen LogP contribution in [0.15, 0.2) is 4.52 Å². The van der Waals surface area contributed by atoms with Crippen molar-refractivity contribution in [2.24, 2.45) is 5.92 Å². The molecule has 1 heterocycles. The lowest BCUT2D eigenvalue weighted by molar-refractivity contribution is -0.129. The van der Waals surface area contributed by atoms with Crippen molar-refractivity contribution in [2.45, 2.75) is 70.9 Å². The molecule has 1 amide bonds. The van der Waals surface area contributed by atoms with Gasteiger partial charge in [0.25, 0.3) is 0 Å². The summed E-state index contributed by atoms with van der Waals surface area (Å²) in [6.07, 6.45) is 7.23. The summed E-state index contributed by atoms with van der Waals surface area (Å²) in [5, 5.41) is 7.49. The maximum atomic E-state index is 12.4. The van der Waals surface area contributed by atoms with Crippen LogP contribution < -0.4 is 5.32 Å². The van der Waals surface area contributed by atoms with Crippen molar-refractivity contribution in [3.8, 4) is 0 Å². The zero-order valence-corrected chi connectivity index (χ0v) is 14.3. The molecule has 23 heavy (non-hydrogen) atoms. The van der Waals surface area contributed by atoms with Gasteiger partial charge < -0.3 is 9.84 Å². The second kappa shape index (κ2) is 6.99. The number of rotatable bonds is 7. The normalized spacial score (nSPS) is 20.7. The molecule has 0 aliphatic heterocycles. The molecule has 2 aliphatic rings. The van der Waals surface area contributed by atoms with E-state index < -0.39 is 5.54 Å². The van der Waals surface area contributed by atoms with Gasteiger partial charge in [-0.2, -0.15) is 4.98 Å². The summed E-state index contributed by atoms with van der Waals surface area (Å²) < 4.78 is 5.46. The molecule has 0 saturated heterocycles. The van der Waals surface area contributed by atoms with Gasteiger partial charge in [0.1, 0.15) is 5.54 Å². The van der Waals surface area contributed by atoms with E-state index in [2.05, 4.69) is 34.2 Å². The van der Waals surface area contributed by atoms with Gasteiger partial charge in [0, 0.05) is 5.92 Å². The molecule has 0 unspecified atom stereocenters. The standard InChI is InChI=1S/C17H28N4O2/c1-3-21(4-2)12-14-18-16(20-23-14)17(10-5-6-11-17)19-15(22)13-8-7-9-13/h13H,3-12H2,1-2H3,(H,19,22). The lowest BCUT2D eigenvalue weighted by Gasteiger charge is -2.32. The molecule has 128 valence electrons. The fourth-order valence-corrected chi connectivity index (χ4v) is 3.54. The number of hydrogen-bond acceptors (Lipinski definition) is 5. The number of carbonyl (C=O) groups is 1. The molecule has 6 nitrogen and oxygen atoms in total. The van der Waals surface area contributed by atoms with Crippen molar-refractivity contribution < 1.29 is 9.32 Å². The van der Waals surface area contributed by atoms with Gasteiger partial charge in [-0.3, -0.25) is 9.69 Å². The average Bonchev–Trinajstić information content (AvgIpc) is 3.12. The van der Waals surface area contributed by atoms with Gasteiger partial charge in [-0.1, -0.05) is 38.3 Å². The van der Waals surface area contributed by atoms with Gasteiger partial charge in [0.05, 0.1) is 6.54 Å². The highest BCUT2D eigenvalue weighted by Gasteiger charge is 2.43. The predicted molar refractivity (Wildman–Crippen MR) is 86.6 cm³/mol. The topological polar surface area (TPSA) is 71.3 Å². The molecule has 0 atom stereocenters. The lowest BCUT2D eigenvalue weighted by atomic mass is 9.83. The maximum absolute atomic E-state index is 12.4. The summed E-state index contributed by atoms with van der Waals surface area (Å²) in [6.45, 7) is 6.83. The first-order valence-electron chi connectivity index (χ1n) is 9.04. The number of amides is 1. The van der Waals surface area contributed by atoms with Crippen LogP contribution in [0.4, 0.5) is 0 Å². The molecule has 1 aromatic rings. The van der Waals surface area contributed by atoms with E-state index in [-0.39, 0.29) is 11.8 Å². The quantitative estimate of drug-likeness (QED) is 0.836. The van der Waals surface area contributed by atoms with E-state index in [4.69, 9.17) is 4.52 Å². The van der Waals surface area contributed by atoms with E-state index in [0.717, 1.165) is 51.6 Å². The minimum Gasteiger partial charge on any atom is -0.343 e. The average molecular weight is 320 g/mol. The highest BCUT2D eigenvalue weighted by molar-refractivity contribution is 5.80. The molecule has 1 N–H and O–H groups in total. The molecule has 1 aromatic heterocycles. The molecule has 2 saturated carbocycles. The van der Waals surface area contributed by atoms with Crippen molar-refractivity contribution in [3.05, 3.63) is 11.7 Å². The highest BCUT2D eigenvalue weighted by atomic mass is 16.5. The van der Waals surface area contributed by atoms with Crippen LogP contribution in [-0.4, -0.2) is 34.0 Å². The van der Waals surface area contributed by atoms with Crippen LogP contribution in [0.3, 0.4) is 0 Å². The van der Waals surface area contributed by atoms with E-state index in [1.165, 1.54) is 6.42 Å². The minimum absolute atomic E-state index is 0.174. The van der Waals surface area contributed by atoms with Crippen LogP contribution in [0.2, 0.25) is 0 Å². The van der Waals surface area contributed by atoms with Gasteiger partial charge in [0.2, 0.25) is 11.8 Å². The maximum Gasteiger partial charge on any atom is 0.240 e. The summed E-state index contributed by atoms with van der Waals surface area (Å²) in [4.78, 5) is 19.3. The summed E-state index contributed by atoms with van der Waals surface area (Å²) in [5.74, 6) is 1.68. The molecule has 0 bridgehead atoms. The smallest absolute Gasteiger partial charge is 0.240 e. The summed E-state index contributed by atoms with van der Waals surface area (Å²) in [5.41, 5.74) is -0.405. The SMILES string of the molecule is CCN(CC)Cc1nc(C2(NC(=O)C3CCC3)CCCC2)no1. The Kier molecular flexibility index (Phi) is 4.99. The second-order valence-electron chi connectivity index (χ2n) is 6.88. The number of hydrogen-bond donors (Lipinski definition) is 1. The third-order valence-corrected chi connectivity index (χ3v) is 5.44. The molecular formula is C17H28N4O2. The van der Waals surface area contributed by atoms with E-state index in [1.807, 2.05) is 0 Å². The van der Waals surface area contributed by atoms with Gasteiger partial charge in [-0.05, 0) is 38.8 Å². The molecule has 6 heteroatoms. The van der Waals surface area contributed by atoms with Gasteiger partial charge in [-0.25, -0.2) is 0 Å². The molecule has 3 rings (SSSR count).